The highest BCUT2D eigenvalue weighted by molar-refractivity contribution is 8.02. The Morgan fingerprint density at radius 1 is 1.39 bits per heavy atom. The molecule has 1 aromatic heterocycles. The molecule has 1 aliphatic heterocycles. The van der Waals surface area contributed by atoms with Gasteiger partial charge in [0.2, 0.25) is 5.88 Å². The van der Waals surface area contributed by atoms with Gasteiger partial charge in [-0.25, -0.2) is 9.07 Å². The highest BCUT2D eigenvalue weighted by Gasteiger charge is 2.36. The van der Waals surface area contributed by atoms with Crippen LogP contribution in [-0.4, -0.2) is 28.2 Å². The van der Waals surface area contributed by atoms with E-state index in [0.717, 1.165) is 11.8 Å². The molecule has 5 nitrogen and oxygen atoms in total. The molecular formula is C13H17F4N3O2S. The quantitative estimate of drug-likeness (QED) is 0.821. The molecule has 130 valence electrons. The average molecular weight is 355 g/mol. The molecule has 0 radical (unpaired) electrons. The second kappa shape index (κ2) is 6.23. The fourth-order valence-electron chi connectivity index (χ4n) is 1.95. The zero-order chi connectivity index (χ0) is 17.4. The van der Waals surface area contributed by atoms with Crippen LogP contribution in [0.25, 0.3) is 0 Å². The minimum Gasteiger partial charge on any atom is -0.468 e. The van der Waals surface area contributed by atoms with E-state index in [1.165, 1.54) is 11.7 Å². The van der Waals surface area contributed by atoms with Gasteiger partial charge in [0.05, 0.1) is 5.69 Å². The van der Waals surface area contributed by atoms with Crippen LogP contribution in [0.5, 0.6) is 5.88 Å². The number of alkyl halides is 3. The number of thioether (sulfide) groups is 1. The van der Waals surface area contributed by atoms with Gasteiger partial charge in [0.15, 0.2) is 12.4 Å². The first-order chi connectivity index (χ1) is 10.5. The van der Waals surface area contributed by atoms with Crippen LogP contribution in [0.1, 0.15) is 25.1 Å². The zero-order valence-electron chi connectivity index (χ0n) is 13.0. The van der Waals surface area contributed by atoms with Crippen LogP contribution in [-0.2, 0) is 17.6 Å². The number of hydrogen-bond acceptors (Lipinski definition) is 5. The Hall–Kier alpha value is -1.42. The van der Waals surface area contributed by atoms with E-state index in [4.69, 9.17) is 9.57 Å². The number of nitrogens with one attached hydrogen (secondary N) is 1. The molecule has 2 rings (SSSR count). The number of halogens is 4. The third-order valence-electron chi connectivity index (χ3n) is 3.15. The molecule has 23 heavy (non-hydrogen) atoms. The fourth-order valence-corrected chi connectivity index (χ4v) is 3.05. The van der Waals surface area contributed by atoms with Gasteiger partial charge in [-0.15, -0.1) is 0 Å². The molecule has 2 heterocycles. The molecule has 0 aliphatic carbocycles. The first kappa shape index (κ1) is 17.9. The molecule has 1 aromatic rings. The smallest absolute Gasteiger partial charge is 0.422 e. The highest BCUT2D eigenvalue weighted by atomic mass is 32.2. The summed E-state index contributed by atoms with van der Waals surface area (Å²) in [5.41, 5.74) is 2.43. The number of hydroxylamine groups is 1. The van der Waals surface area contributed by atoms with Crippen molar-refractivity contribution in [3.63, 3.8) is 0 Å². The SMILES string of the molecule is Cc1nn(C)c(OCC(F)(F)F)c1CSC1=C(F)C(C)(C)ON1. The van der Waals surface area contributed by atoms with E-state index in [0.29, 0.717) is 11.3 Å². The standard InChI is InChI=1S/C13H17F4N3O2S/c1-7-8(5-23-10-9(14)12(2,3)22-19-10)11(20(4)18-7)21-6-13(15,16)17/h19H,5-6H2,1-4H3. The Labute approximate surface area is 135 Å². The lowest BCUT2D eigenvalue weighted by molar-refractivity contribution is -0.154. The Kier molecular flexibility index (Phi) is 4.86. The van der Waals surface area contributed by atoms with Gasteiger partial charge in [-0.2, -0.15) is 18.3 Å². The molecule has 0 unspecified atom stereocenters. The van der Waals surface area contributed by atoms with Crippen molar-refractivity contribution in [3.8, 4) is 5.88 Å². The number of ether oxygens (including phenoxy) is 1. The second-order valence-corrected chi connectivity index (χ2v) is 6.53. The van der Waals surface area contributed by atoms with Crippen LogP contribution in [0.4, 0.5) is 17.6 Å². The summed E-state index contributed by atoms with van der Waals surface area (Å²) in [7, 11) is 1.49. The Morgan fingerprint density at radius 3 is 2.57 bits per heavy atom. The summed E-state index contributed by atoms with van der Waals surface area (Å²) < 4.78 is 57.1. The third kappa shape index (κ3) is 4.11. The summed E-state index contributed by atoms with van der Waals surface area (Å²) in [6, 6.07) is 0. The summed E-state index contributed by atoms with van der Waals surface area (Å²) in [6.45, 7) is 3.38. The van der Waals surface area contributed by atoms with E-state index in [-0.39, 0.29) is 16.7 Å². The molecule has 0 fully saturated rings. The van der Waals surface area contributed by atoms with E-state index >= 15 is 0 Å². The number of aromatic nitrogens is 2. The van der Waals surface area contributed by atoms with Gasteiger partial charge in [-0.3, -0.25) is 10.3 Å². The van der Waals surface area contributed by atoms with Crippen LogP contribution in [0.2, 0.25) is 0 Å². The van der Waals surface area contributed by atoms with Crippen molar-refractivity contribution in [1.82, 2.24) is 15.3 Å². The lowest BCUT2D eigenvalue weighted by Gasteiger charge is -2.12. The Morgan fingerprint density at radius 2 is 2.04 bits per heavy atom. The van der Waals surface area contributed by atoms with Gasteiger partial charge in [0.25, 0.3) is 0 Å². The minimum atomic E-state index is -4.44. The topological polar surface area (TPSA) is 48.3 Å². The number of hydrogen-bond donors (Lipinski definition) is 1. The van der Waals surface area contributed by atoms with Gasteiger partial charge in [-0.05, 0) is 20.8 Å². The lowest BCUT2D eigenvalue weighted by Crippen LogP contribution is -2.22. The first-order valence-electron chi connectivity index (χ1n) is 6.70. The molecule has 0 atom stereocenters. The number of aryl methyl sites for hydroxylation is 2. The lowest BCUT2D eigenvalue weighted by atomic mass is 10.1. The van der Waals surface area contributed by atoms with Crippen molar-refractivity contribution in [3.05, 3.63) is 22.1 Å². The molecule has 0 saturated heterocycles. The monoisotopic (exact) mass is 355 g/mol. The minimum absolute atomic E-state index is 0.0199. The third-order valence-corrected chi connectivity index (χ3v) is 4.13. The molecule has 10 heteroatoms. The van der Waals surface area contributed by atoms with E-state index in [9.17, 15) is 17.6 Å². The summed E-state index contributed by atoms with van der Waals surface area (Å²) in [5, 5.41) is 4.25. The summed E-state index contributed by atoms with van der Waals surface area (Å²) >= 11 is 1.08. The van der Waals surface area contributed by atoms with Crippen molar-refractivity contribution < 1.29 is 27.1 Å². The maximum Gasteiger partial charge on any atom is 0.422 e. The highest BCUT2D eigenvalue weighted by Crippen LogP contribution is 2.37. The Balaban J connectivity index is 2.13. The normalized spacial score (nSPS) is 17.6. The summed E-state index contributed by atoms with van der Waals surface area (Å²) in [5.74, 6) is -0.240. The molecule has 0 bridgehead atoms. The zero-order valence-corrected chi connectivity index (χ0v) is 13.9. The van der Waals surface area contributed by atoms with Crippen LogP contribution >= 0.6 is 11.8 Å². The van der Waals surface area contributed by atoms with Crippen molar-refractivity contribution in [2.75, 3.05) is 6.61 Å². The first-order valence-corrected chi connectivity index (χ1v) is 7.69. The van der Waals surface area contributed by atoms with Crippen molar-refractivity contribution >= 4 is 11.8 Å². The number of rotatable bonds is 5. The molecule has 0 spiro atoms. The van der Waals surface area contributed by atoms with Gasteiger partial charge in [-0.1, -0.05) is 11.8 Å². The Bertz CT molecular complexity index is 625. The second-order valence-electron chi connectivity index (χ2n) is 5.54. The molecule has 1 N–H and O–H groups in total. The van der Waals surface area contributed by atoms with Crippen molar-refractivity contribution in [2.24, 2.45) is 7.05 Å². The van der Waals surface area contributed by atoms with Gasteiger partial charge >= 0.3 is 6.18 Å². The molecule has 0 saturated carbocycles. The molecular weight excluding hydrogens is 338 g/mol. The fraction of sp³-hybridized carbons (Fsp3) is 0.615. The molecule has 0 aromatic carbocycles. The molecule has 1 aliphatic rings. The van der Waals surface area contributed by atoms with Gasteiger partial charge in [0, 0.05) is 18.4 Å². The van der Waals surface area contributed by atoms with E-state index in [1.807, 2.05) is 0 Å². The van der Waals surface area contributed by atoms with E-state index in [1.54, 1.807) is 20.8 Å². The van der Waals surface area contributed by atoms with Crippen LogP contribution in [0, 0.1) is 6.92 Å². The van der Waals surface area contributed by atoms with Crippen LogP contribution in [0.3, 0.4) is 0 Å². The predicted octanol–water partition coefficient (Wildman–Crippen LogP) is 3.35. The molecule has 0 amide bonds. The van der Waals surface area contributed by atoms with Gasteiger partial charge in [0.1, 0.15) is 10.6 Å². The van der Waals surface area contributed by atoms with Crippen molar-refractivity contribution in [1.29, 1.82) is 0 Å². The maximum atomic E-state index is 14.0. The summed E-state index contributed by atoms with van der Waals surface area (Å²) in [6.07, 6.45) is -4.44. The van der Waals surface area contributed by atoms with Crippen molar-refractivity contribution in [2.45, 2.75) is 38.3 Å². The maximum absolute atomic E-state index is 14.0. The predicted molar refractivity (Wildman–Crippen MR) is 77.2 cm³/mol. The van der Waals surface area contributed by atoms with Crippen LogP contribution in [0.15, 0.2) is 10.9 Å². The average Bonchev–Trinajstić information content (AvgIpc) is 2.82. The summed E-state index contributed by atoms with van der Waals surface area (Å²) in [4.78, 5) is 5.09. The number of nitrogens with zero attached hydrogens (tertiary/aromatic N) is 2. The largest absolute Gasteiger partial charge is 0.468 e. The van der Waals surface area contributed by atoms with E-state index in [2.05, 4.69) is 10.6 Å². The van der Waals surface area contributed by atoms with Gasteiger partial charge < -0.3 is 4.74 Å². The van der Waals surface area contributed by atoms with E-state index < -0.39 is 24.2 Å². The van der Waals surface area contributed by atoms with Crippen LogP contribution < -0.4 is 10.2 Å².